The quantitative estimate of drug-likeness (QED) is 0.589. The summed E-state index contributed by atoms with van der Waals surface area (Å²) in [6.45, 7) is -0.210. The van der Waals surface area contributed by atoms with E-state index in [4.69, 9.17) is 0 Å². The Kier molecular flexibility index (Phi) is 5.90. The number of benzene rings is 2. The van der Waals surface area contributed by atoms with Crippen molar-refractivity contribution in [2.45, 2.75) is 6.10 Å². The Hall–Kier alpha value is -3.10. The molecule has 3 aromatic rings. The minimum atomic E-state index is -1.12. The fraction of sp³-hybridized carbons (Fsp3) is 0.105. The van der Waals surface area contributed by atoms with E-state index in [0.29, 0.717) is 11.3 Å². The van der Waals surface area contributed by atoms with Gasteiger partial charge < -0.3 is 15.7 Å². The minimum absolute atomic E-state index is 0.210. The Labute approximate surface area is 158 Å². The smallest absolute Gasteiger partial charge is 0.313 e. The number of amides is 2. The Balaban J connectivity index is 1.52. The van der Waals surface area contributed by atoms with E-state index in [0.717, 1.165) is 10.6 Å². The van der Waals surface area contributed by atoms with Gasteiger partial charge in [0.25, 0.3) is 0 Å². The van der Waals surface area contributed by atoms with Crippen LogP contribution in [0, 0.1) is 5.82 Å². The standard InChI is InChI=1S/C19H16FN3O3S/c20-14-3-1-2-13(10-14)16(24)11-22-17(25)18(26)23-15-6-4-12(5-7-15)19-21-8-9-27-19/h1-10,16,24H,11H2,(H,22,25)(H,23,26). The molecular weight excluding hydrogens is 369 g/mol. The second-order valence-corrected chi connectivity index (χ2v) is 6.54. The highest BCUT2D eigenvalue weighted by Crippen LogP contribution is 2.23. The number of nitrogens with zero attached hydrogens (tertiary/aromatic N) is 1. The number of aromatic nitrogens is 1. The molecule has 0 saturated carbocycles. The van der Waals surface area contributed by atoms with Crippen molar-refractivity contribution in [3.05, 3.63) is 71.5 Å². The lowest BCUT2D eigenvalue weighted by molar-refractivity contribution is -0.136. The number of halogens is 1. The minimum Gasteiger partial charge on any atom is -0.387 e. The summed E-state index contributed by atoms with van der Waals surface area (Å²) >= 11 is 1.50. The normalized spacial score (nSPS) is 11.6. The van der Waals surface area contributed by atoms with Crippen molar-refractivity contribution < 1.29 is 19.1 Å². The average molecular weight is 385 g/mol. The van der Waals surface area contributed by atoms with Gasteiger partial charge in [-0.05, 0) is 42.0 Å². The third kappa shape index (κ3) is 4.96. The number of anilines is 1. The van der Waals surface area contributed by atoms with Crippen molar-refractivity contribution in [3.63, 3.8) is 0 Å². The maximum atomic E-state index is 13.1. The lowest BCUT2D eigenvalue weighted by atomic mass is 10.1. The topological polar surface area (TPSA) is 91.3 Å². The maximum absolute atomic E-state index is 13.1. The molecule has 138 valence electrons. The van der Waals surface area contributed by atoms with Gasteiger partial charge in [0.2, 0.25) is 0 Å². The molecule has 0 aliphatic rings. The zero-order valence-corrected chi connectivity index (χ0v) is 14.9. The van der Waals surface area contributed by atoms with Crippen molar-refractivity contribution in [1.29, 1.82) is 0 Å². The highest BCUT2D eigenvalue weighted by atomic mass is 32.1. The zero-order valence-electron chi connectivity index (χ0n) is 14.1. The third-order valence-corrected chi connectivity index (χ3v) is 4.54. The molecule has 1 heterocycles. The largest absolute Gasteiger partial charge is 0.387 e. The van der Waals surface area contributed by atoms with E-state index >= 15 is 0 Å². The number of aliphatic hydroxyl groups is 1. The molecule has 0 aliphatic carbocycles. The predicted octanol–water partition coefficient (Wildman–Crippen LogP) is 2.74. The van der Waals surface area contributed by atoms with Gasteiger partial charge >= 0.3 is 11.8 Å². The van der Waals surface area contributed by atoms with Gasteiger partial charge in [0.15, 0.2) is 0 Å². The number of aliphatic hydroxyl groups excluding tert-OH is 1. The molecule has 1 atom stereocenters. The summed E-state index contributed by atoms with van der Waals surface area (Å²) in [7, 11) is 0. The van der Waals surface area contributed by atoms with Crippen LogP contribution in [0.5, 0.6) is 0 Å². The Morgan fingerprint density at radius 1 is 1.15 bits per heavy atom. The second kappa shape index (κ2) is 8.52. The van der Waals surface area contributed by atoms with E-state index < -0.39 is 23.7 Å². The number of hydrogen-bond acceptors (Lipinski definition) is 5. The van der Waals surface area contributed by atoms with Gasteiger partial charge in [-0.2, -0.15) is 0 Å². The summed E-state index contributed by atoms with van der Waals surface area (Å²) in [6.07, 6.45) is 0.591. The van der Waals surface area contributed by atoms with Crippen LogP contribution in [0.1, 0.15) is 11.7 Å². The van der Waals surface area contributed by atoms with Gasteiger partial charge in [0.05, 0.1) is 6.10 Å². The van der Waals surface area contributed by atoms with E-state index in [1.165, 1.54) is 35.6 Å². The SMILES string of the molecule is O=C(NCC(O)c1cccc(F)c1)C(=O)Nc1ccc(-c2nccs2)cc1. The Bertz CT molecular complexity index is 930. The van der Waals surface area contributed by atoms with Crippen molar-refractivity contribution in [3.8, 4) is 10.6 Å². The van der Waals surface area contributed by atoms with Crippen molar-refractivity contribution in [1.82, 2.24) is 10.3 Å². The van der Waals surface area contributed by atoms with Gasteiger partial charge in [-0.1, -0.05) is 12.1 Å². The molecule has 27 heavy (non-hydrogen) atoms. The number of nitrogens with one attached hydrogen (secondary N) is 2. The van der Waals surface area contributed by atoms with Crippen LogP contribution in [-0.2, 0) is 9.59 Å². The number of thiazole rings is 1. The molecule has 3 rings (SSSR count). The van der Waals surface area contributed by atoms with Crippen molar-refractivity contribution >= 4 is 28.8 Å². The first-order valence-electron chi connectivity index (χ1n) is 8.05. The lowest BCUT2D eigenvalue weighted by Gasteiger charge is -2.12. The van der Waals surface area contributed by atoms with Crippen LogP contribution in [0.4, 0.5) is 10.1 Å². The molecule has 8 heteroatoms. The van der Waals surface area contributed by atoms with Crippen LogP contribution in [0.15, 0.2) is 60.1 Å². The highest BCUT2D eigenvalue weighted by Gasteiger charge is 2.16. The first-order chi connectivity index (χ1) is 13.0. The summed E-state index contributed by atoms with van der Waals surface area (Å²) in [4.78, 5) is 28.0. The summed E-state index contributed by atoms with van der Waals surface area (Å²) < 4.78 is 13.1. The third-order valence-electron chi connectivity index (χ3n) is 3.72. The summed E-state index contributed by atoms with van der Waals surface area (Å²) in [5.41, 5.74) is 1.68. The fourth-order valence-electron chi connectivity index (χ4n) is 2.35. The fourth-order valence-corrected chi connectivity index (χ4v) is 3.00. The van der Waals surface area contributed by atoms with Crippen LogP contribution in [-0.4, -0.2) is 28.4 Å². The molecule has 0 spiro atoms. The lowest BCUT2D eigenvalue weighted by Crippen LogP contribution is -2.37. The second-order valence-electron chi connectivity index (χ2n) is 5.65. The molecular formula is C19H16FN3O3S. The van der Waals surface area contributed by atoms with Gasteiger partial charge in [-0.3, -0.25) is 9.59 Å². The van der Waals surface area contributed by atoms with E-state index in [1.54, 1.807) is 30.5 Å². The van der Waals surface area contributed by atoms with Gasteiger partial charge in [0.1, 0.15) is 10.8 Å². The van der Waals surface area contributed by atoms with Crippen molar-refractivity contribution in [2.75, 3.05) is 11.9 Å². The summed E-state index contributed by atoms with van der Waals surface area (Å²) in [5, 5.41) is 17.5. The monoisotopic (exact) mass is 385 g/mol. The number of carbonyl (C=O) groups is 2. The molecule has 1 aromatic heterocycles. The number of hydrogen-bond donors (Lipinski definition) is 3. The van der Waals surface area contributed by atoms with E-state index in [2.05, 4.69) is 15.6 Å². The van der Waals surface area contributed by atoms with E-state index in [9.17, 15) is 19.1 Å². The van der Waals surface area contributed by atoms with Crippen LogP contribution >= 0.6 is 11.3 Å². The molecule has 6 nitrogen and oxygen atoms in total. The summed E-state index contributed by atoms with van der Waals surface area (Å²) in [5.74, 6) is -2.24. The van der Waals surface area contributed by atoms with Gasteiger partial charge in [-0.25, -0.2) is 9.37 Å². The van der Waals surface area contributed by atoms with E-state index in [-0.39, 0.29) is 6.54 Å². The molecule has 0 aliphatic heterocycles. The average Bonchev–Trinajstić information content (AvgIpc) is 3.21. The molecule has 0 radical (unpaired) electrons. The summed E-state index contributed by atoms with van der Waals surface area (Å²) in [6, 6.07) is 12.3. The van der Waals surface area contributed by atoms with Crippen molar-refractivity contribution in [2.24, 2.45) is 0 Å². The van der Waals surface area contributed by atoms with Crippen LogP contribution in [0.3, 0.4) is 0 Å². The predicted molar refractivity (Wildman–Crippen MR) is 101 cm³/mol. The van der Waals surface area contributed by atoms with Crippen LogP contribution < -0.4 is 10.6 Å². The number of rotatable bonds is 5. The molecule has 1 unspecified atom stereocenters. The molecule has 0 bridgehead atoms. The maximum Gasteiger partial charge on any atom is 0.313 e. The molecule has 2 amide bonds. The van der Waals surface area contributed by atoms with Crippen LogP contribution in [0.2, 0.25) is 0 Å². The van der Waals surface area contributed by atoms with Gasteiger partial charge in [0, 0.05) is 29.4 Å². The highest BCUT2D eigenvalue weighted by molar-refractivity contribution is 7.13. The Morgan fingerprint density at radius 2 is 1.93 bits per heavy atom. The zero-order chi connectivity index (χ0) is 19.2. The number of carbonyl (C=O) groups excluding carboxylic acids is 2. The van der Waals surface area contributed by atoms with Crippen LogP contribution in [0.25, 0.3) is 10.6 Å². The molecule has 3 N–H and O–H groups in total. The first-order valence-corrected chi connectivity index (χ1v) is 8.93. The first kappa shape index (κ1) is 18.7. The molecule has 0 saturated heterocycles. The molecule has 0 fully saturated rings. The van der Waals surface area contributed by atoms with Gasteiger partial charge in [-0.15, -0.1) is 11.3 Å². The van der Waals surface area contributed by atoms with E-state index in [1.807, 2.05) is 5.38 Å². The Morgan fingerprint density at radius 3 is 2.59 bits per heavy atom. The molecule has 2 aromatic carbocycles.